The van der Waals surface area contributed by atoms with Crippen LogP contribution in [0.15, 0.2) is 29.6 Å². The summed E-state index contributed by atoms with van der Waals surface area (Å²) in [5, 5.41) is 11.4. The summed E-state index contributed by atoms with van der Waals surface area (Å²) in [5.41, 5.74) is 3.85. The summed E-state index contributed by atoms with van der Waals surface area (Å²) >= 11 is 1.71. The first-order valence-electron chi connectivity index (χ1n) is 7.46. The van der Waals surface area contributed by atoms with Crippen LogP contribution < -0.4 is 4.90 Å². The van der Waals surface area contributed by atoms with Crippen LogP contribution >= 0.6 is 11.3 Å². The van der Waals surface area contributed by atoms with E-state index in [1.165, 1.54) is 15.2 Å². The van der Waals surface area contributed by atoms with Gasteiger partial charge in [-0.1, -0.05) is 17.3 Å². The molecule has 0 aliphatic carbocycles. The largest absolute Gasteiger partial charge is 0.353 e. The number of para-hydroxylation sites is 1. The average molecular weight is 327 g/mol. The molecule has 118 valence electrons. The summed E-state index contributed by atoms with van der Waals surface area (Å²) in [6.45, 7) is 1.79. The lowest BCUT2D eigenvalue weighted by Crippen LogP contribution is -2.37. The molecule has 0 atom stereocenters. The van der Waals surface area contributed by atoms with E-state index in [0.717, 1.165) is 29.8 Å². The number of carbonyl (C=O) groups excluding carboxylic acids is 1. The number of rotatable bonds is 2. The lowest BCUT2D eigenvalue weighted by Gasteiger charge is -2.32. The number of anilines is 1. The predicted octanol–water partition coefficient (Wildman–Crippen LogP) is 2.21. The van der Waals surface area contributed by atoms with Crippen molar-refractivity contribution in [3.8, 4) is 0 Å². The van der Waals surface area contributed by atoms with Gasteiger partial charge in [-0.3, -0.25) is 9.69 Å². The van der Waals surface area contributed by atoms with Gasteiger partial charge in [0.2, 0.25) is 0 Å². The minimum Gasteiger partial charge on any atom is -0.353 e. The third-order valence-electron chi connectivity index (χ3n) is 4.12. The number of hydrogen-bond donors (Lipinski definition) is 0. The van der Waals surface area contributed by atoms with Crippen LogP contribution in [0.1, 0.15) is 15.9 Å². The van der Waals surface area contributed by atoms with E-state index >= 15 is 0 Å². The normalized spacial score (nSPS) is 15.1. The molecule has 0 amide bonds. The van der Waals surface area contributed by atoms with Crippen molar-refractivity contribution in [1.82, 2.24) is 19.9 Å². The van der Waals surface area contributed by atoms with Crippen molar-refractivity contribution in [2.75, 3.05) is 25.7 Å². The summed E-state index contributed by atoms with van der Waals surface area (Å²) in [6, 6.07) is 7.53. The van der Waals surface area contributed by atoms with Crippen molar-refractivity contribution in [2.45, 2.75) is 13.0 Å². The first kappa shape index (κ1) is 14.3. The van der Waals surface area contributed by atoms with E-state index < -0.39 is 0 Å². The Kier molecular flexibility index (Phi) is 3.39. The van der Waals surface area contributed by atoms with Gasteiger partial charge < -0.3 is 4.90 Å². The lowest BCUT2D eigenvalue weighted by atomic mass is 10.1. The van der Waals surface area contributed by atoms with Crippen LogP contribution in [0.3, 0.4) is 0 Å². The van der Waals surface area contributed by atoms with Gasteiger partial charge in [-0.25, -0.2) is 0 Å². The molecular weight excluding hydrogens is 310 g/mol. The van der Waals surface area contributed by atoms with Gasteiger partial charge >= 0.3 is 0 Å². The molecule has 1 aliphatic heterocycles. The van der Waals surface area contributed by atoms with E-state index in [1.54, 1.807) is 11.3 Å². The Balaban J connectivity index is 1.65. The Morgan fingerprint density at radius 3 is 3.00 bits per heavy atom. The molecule has 3 aromatic rings. The second kappa shape index (κ2) is 5.43. The number of carbonyl (C=O) groups is 1. The molecule has 1 aliphatic rings. The van der Waals surface area contributed by atoms with Crippen LogP contribution in [0.2, 0.25) is 0 Å². The highest BCUT2D eigenvalue weighted by atomic mass is 32.1. The van der Waals surface area contributed by atoms with Gasteiger partial charge in [-0.2, -0.15) is 4.68 Å². The Bertz CT molecular complexity index is 884. The van der Waals surface area contributed by atoms with E-state index in [0.29, 0.717) is 6.42 Å². The maximum Gasteiger partial charge on any atom is 0.253 e. The molecule has 0 spiro atoms. The summed E-state index contributed by atoms with van der Waals surface area (Å²) in [7, 11) is 4.18. The molecule has 0 saturated heterocycles. The third kappa shape index (κ3) is 2.42. The molecule has 2 aromatic heterocycles. The highest BCUT2D eigenvalue weighted by Gasteiger charge is 2.24. The zero-order valence-electron chi connectivity index (χ0n) is 13.1. The molecule has 7 heteroatoms. The maximum atomic E-state index is 12.7. The van der Waals surface area contributed by atoms with Gasteiger partial charge in [-0.15, -0.1) is 16.4 Å². The minimum absolute atomic E-state index is 0.0461. The zero-order valence-corrected chi connectivity index (χ0v) is 13.9. The van der Waals surface area contributed by atoms with Crippen molar-refractivity contribution in [1.29, 1.82) is 0 Å². The Hall–Kier alpha value is -2.25. The van der Waals surface area contributed by atoms with Gasteiger partial charge in [0.15, 0.2) is 0 Å². The molecule has 0 radical (unpaired) electrons. The van der Waals surface area contributed by atoms with Crippen molar-refractivity contribution in [3.05, 3.63) is 40.8 Å². The molecule has 1 aromatic carbocycles. The van der Waals surface area contributed by atoms with Crippen LogP contribution in [-0.4, -0.2) is 46.6 Å². The van der Waals surface area contributed by atoms with E-state index in [2.05, 4.69) is 39.6 Å². The Morgan fingerprint density at radius 1 is 1.30 bits per heavy atom. The SMILES string of the molecule is CN1Cc2c(CC(=O)n3nnc4ccccc43)csc2N(C)C1. The molecule has 3 heterocycles. The molecule has 0 saturated carbocycles. The van der Waals surface area contributed by atoms with E-state index in [4.69, 9.17) is 0 Å². The topological polar surface area (TPSA) is 54.3 Å². The summed E-state index contributed by atoms with van der Waals surface area (Å²) in [5.74, 6) is -0.0461. The Morgan fingerprint density at radius 2 is 2.13 bits per heavy atom. The summed E-state index contributed by atoms with van der Waals surface area (Å²) in [6.07, 6.45) is 0.348. The van der Waals surface area contributed by atoms with E-state index in [1.807, 2.05) is 24.3 Å². The summed E-state index contributed by atoms with van der Waals surface area (Å²) in [4.78, 5) is 17.1. The van der Waals surface area contributed by atoms with Crippen molar-refractivity contribution < 1.29 is 4.79 Å². The highest BCUT2D eigenvalue weighted by Crippen LogP contribution is 2.35. The fourth-order valence-electron chi connectivity index (χ4n) is 3.08. The van der Waals surface area contributed by atoms with Gasteiger partial charge in [0.25, 0.3) is 5.91 Å². The molecule has 6 nitrogen and oxygen atoms in total. The molecule has 0 bridgehead atoms. The number of hydrogen-bond acceptors (Lipinski definition) is 6. The molecule has 4 rings (SSSR count). The van der Waals surface area contributed by atoms with Crippen LogP contribution in [0.5, 0.6) is 0 Å². The third-order valence-corrected chi connectivity index (χ3v) is 5.30. The summed E-state index contributed by atoms with van der Waals surface area (Å²) < 4.78 is 1.41. The maximum absolute atomic E-state index is 12.7. The molecule has 0 unspecified atom stereocenters. The standard InChI is InChI=1S/C16H17N5OS/c1-19-8-12-11(9-23-16(12)20(2)10-19)7-15(22)21-14-6-4-3-5-13(14)17-18-21/h3-6,9H,7-8,10H2,1-2H3. The van der Waals surface area contributed by atoms with Crippen LogP contribution in [0.25, 0.3) is 11.0 Å². The first-order valence-corrected chi connectivity index (χ1v) is 8.34. The van der Waals surface area contributed by atoms with Crippen LogP contribution in [-0.2, 0) is 13.0 Å². The quantitative estimate of drug-likeness (QED) is 0.722. The fourth-order valence-corrected chi connectivity index (χ4v) is 4.14. The fraction of sp³-hybridized carbons (Fsp3) is 0.312. The average Bonchev–Trinajstić information content (AvgIpc) is 3.12. The van der Waals surface area contributed by atoms with Crippen molar-refractivity contribution >= 4 is 33.3 Å². The van der Waals surface area contributed by atoms with E-state index in [-0.39, 0.29) is 5.91 Å². The molecular formula is C16H17N5OS. The van der Waals surface area contributed by atoms with E-state index in [9.17, 15) is 4.79 Å². The second-order valence-electron chi connectivity index (χ2n) is 5.96. The molecule has 0 N–H and O–H groups in total. The number of aromatic nitrogens is 3. The number of fused-ring (bicyclic) bond motifs is 2. The monoisotopic (exact) mass is 327 g/mol. The lowest BCUT2D eigenvalue weighted by molar-refractivity contribution is 0.0901. The highest BCUT2D eigenvalue weighted by molar-refractivity contribution is 7.14. The van der Waals surface area contributed by atoms with Crippen molar-refractivity contribution in [3.63, 3.8) is 0 Å². The Labute approximate surface area is 137 Å². The molecule has 0 fully saturated rings. The zero-order chi connectivity index (χ0) is 16.0. The van der Waals surface area contributed by atoms with Gasteiger partial charge in [-0.05, 0) is 30.1 Å². The van der Waals surface area contributed by atoms with Crippen LogP contribution in [0, 0.1) is 0 Å². The number of nitrogens with zero attached hydrogens (tertiary/aromatic N) is 5. The molecule has 23 heavy (non-hydrogen) atoms. The number of benzene rings is 1. The second-order valence-corrected chi connectivity index (χ2v) is 6.82. The van der Waals surface area contributed by atoms with Gasteiger partial charge in [0.1, 0.15) is 5.52 Å². The number of thiophene rings is 1. The van der Waals surface area contributed by atoms with Crippen molar-refractivity contribution in [2.24, 2.45) is 0 Å². The van der Waals surface area contributed by atoms with Crippen LogP contribution in [0.4, 0.5) is 5.00 Å². The smallest absolute Gasteiger partial charge is 0.253 e. The predicted molar refractivity (Wildman–Crippen MR) is 90.9 cm³/mol. The van der Waals surface area contributed by atoms with Gasteiger partial charge in [0, 0.05) is 19.2 Å². The van der Waals surface area contributed by atoms with Gasteiger partial charge in [0.05, 0.1) is 23.6 Å². The first-order chi connectivity index (χ1) is 11.1. The minimum atomic E-state index is -0.0461.